The van der Waals surface area contributed by atoms with Crippen LogP contribution < -0.4 is 10.5 Å². The van der Waals surface area contributed by atoms with Gasteiger partial charge in [0.25, 0.3) is 0 Å². The Labute approximate surface area is 108 Å². The lowest BCUT2D eigenvalue weighted by molar-refractivity contribution is 0.238. The molecule has 1 aliphatic rings. The van der Waals surface area contributed by atoms with Gasteiger partial charge < -0.3 is 10.5 Å². The van der Waals surface area contributed by atoms with Gasteiger partial charge in [-0.2, -0.15) is 0 Å². The van der Waals surface area contributed by atoms with Gasteiger partial charge in [0.15, 0.2) is 11.6 Å². The van der Waals surface area contributed by atoms with Gasteiger partial charge in [0.2, 0.25) is 0 Å². The topological polar surface area (TPSA) is 35.2 Å². The van der Waals surface area contributed by atoms with Crippen molar-refractivity contribution in [2.75, 3.05) is 6.61 Å². The summed E-state index contributed by atoms with van der Waals surface area (Å²) < 4.78 is 18.8. The highest BCUT2D eigenvalue weighted by Crippen LogP contribution is 2.27. The van der Waals surface area contributed by atoms with E-state index in [1.807, 2.05) is 0 Å². The molecule has 0 aromatic heterocycles. The van der Waals surface area contributed by atoms with Crippen LogP contribution in [0, 0.1) is 11.7 Å². The molecule has 0 radical (unpaired) electrons. The first-order valence-electron chi connectivity index (χ1n) is 6.90. The van der Waals surface area contributed by atoms with Crippen molar-refractivity contribution in [3.63, 3.8) is 0 Å². The Morgan fingerprint density at radius 3 is 2.67 bits per heavy atom. The highest BCUT2D eigenvalue weighted by Gasteiger charge is 2.20. The molecule has 1 aliphatic carbocycles. The van der Waals surface area contributed by atoms with Crippen LogP contribution in [0.15, 0.2) is 24.3 Å². The maximum atomic E-state index is 13.3. The van der Waals surface area contributed by atoms with Crippen LogP contribution in [0.5, 0.6) is 5.75 Å². The Morgan fingerprint density at radius 2 is 1.94 bits per heavy atom. The first kappa shape index (κ1) is 13.3. The maximum absolute atomic E-state index is 13.3. The molecule has 1 unspecified atom stereocenters. The lowest BCUT2D eigenvalue weighted by Gasteiger charge is -2.27. The summed E-state index contributed by atoms with van der Waals surface area (Å²) in [6.45, 7) is 0.499. The number of hydrogen-bond acceptors (Lipinski definition) is 2. The van der Waals surface area contributed by atoms with Crippen LogP contribution in [0.3, 0.4) is 0 Å². The molecule has 1 aromatic rings. The van der Waals surface area contributed by atoms with Crippen molar-refractivity contribution < 1.29 is 9.13 Å². The number of rotatable bonds is 5. The molecule has 3 heteroatoms. The van der Waals surface area contributed by atoms with Crippen molar-refractivity contribution in [2.45, 2.75) is 44.6 Å². The molecule has 100 valence electrons. The summed E-state index contributed by atoms with van der Waals surface area (Å²) in [5, 5.41) is 0. The average Bonchev–Trinajstić information content (AvgIpc) is 2.42. The molecule has 2 nitrogen and oxygen atoms in total. The Balaban J connectivity index is 1.73. The van der Waals surface area contributed by atoms with Crippen molar-refractivity contribution in [2.24, 2.45) is 11.7 Å². The molecule has 2 rings (SSSR count). The van der Waals surface area contributed by atoms with Crippen LogP contribution in [0.1, 0.15) is 38.5 Å². The SMILES string of the molecule is NC(CCOc1ccccc1F)C1CCCCC1. The van der Waals surface area contributed by atoms with Crippen molar-refractivity contribution in [1.29, 1.82) is 0 Å². The van der Waals surface area contributed by atoms with Gasteiger partial charge >= 0.3 is 0 Å². The van der Waals surface area contributed by atoms with Crippen molar-refractivity contribution in [3.05, 3.63) is 30.1 Å². The molecule has 0 spiro atoms. The molecular weight excluding hydrogens is 229 g/mol. The highest BCUT2D eigenvalue weighted by molar-refractivity contribution is 5.23. The fraction of sp³-hybridized carbons (Fsp3) is 0.600. The summed E-state index contributed by atoms with van der Waals surface area (Å²) >= 11 is 0. The summed E-state index contributed by atoms with van der Waals surface area (Å²) in [6, 6.07) is 6.70. The second kappa shape index (κ2) is 6.74. The third-order valence-corrected chi connectivity index (χ3v) is 3.80. The van der Waals surface area contributed by atoms with E-state index in [0.717, 1.165) is 6.42 Å². The summed E-state index contributed by atoms with van der Waals surface area (Å²) in [7, 11) is 0. The molecule has 18 heavy (non-hydrogen) atoms. The van der Waals surface area contributed by atoms with Gasteiger partial charge in [0.05, 0.1) is 6.61 Å². The smallest absolute Gasteiger partial charge is 0.165 e. The number of hydrogen-bond donors (Lipinski definition) is 1. The van der Waals surface area contributed by atoms with E-state index in [2.05, 4.69) is 0 Å². The van der Waals surface area contributed by atoms with Crippen LogP contribution >= 0.6 is 0 Å². The third kappa shape index (κ3) is 3.70. The third-order valence-electron chi connectivity index (χ3n) is 3.80. The van der Waals surface area contributed by atoms with E-state index in [1.54, 1.807) is 18.2 Å². The van der Waals surface area contributed by atoms with Crippen molar-refractivity contribution >= 4 is 0 Å². The summed E-state index contributed by atoms with van der Waals surface area (Å²) in [6.07, 6.45) is 7.22. The molecule has 1 saturated carbocycles. The van der Waals surface area contributed by atoms with E-state index in [0.29, 0.717) is 18.3 Å². The Bertz CT molecular complexity index is 363. The number of nitrogens with two attached hydrogens (primary N) is 1. The average molecular weight is 251 g/mol. The predicted molar refractivity (Wildman–Crippen MR) is 71.1 cm³/mol. The minimum atomic E-state index is -0.302. The van der Waals surface area contributed by atoms with E-state index < -0.39 is 0 Å². The zero-order valence-electron chi connectivity index (χ0n) is 10.8. The number of ether oxygens (including phenoxy) is 1. The summed E-state index contributed by atoms with van der Waals surface area (Å²) in [5.41, 5.74) is 6.18. The van der Waals surface area contributed by atoms with Crippen LogP contribution in [0.25, 0.3) is 0 Å². The van der Waals surface area contributed by atoms with E-state index in [4.69, 9.17) is 10.5 Å². The van der Waals surface area contributed by atoms with Gasteiger partial charge in [-0.3, -0.25) is 0 Å². The normalized spacial score (nSPS) is 18.6. The van der Waals surface area contributed by atoms with Crippen LogP contribution in [-0.4, -0.2) is 12.6 Å². The molecule has 0 amide bonds. The van der Waals surface area contributed by atoms with Gasteiger partial charge in [0, 0.05) is 6.04 Å². The largest absolute Gasteiger partial charge is 0.490 e. The van der Waals surface area contributed by atoms with Crippen LogP contribution in [0.2, 0.25) is 0 Å². The molecule has 0 heterocycles. The summed E-state index contributed by atoms with van der Waals surface area (Å²) in [5.74, 6) is 0.653. The zero-order chi connectivity index (χ0) is 12.8. The minimum Gasteiger partial charge on any atom is -0.490 e. The van der Waals surface area contributed by atoms with Crippen molar-refractivity contribution in [1.82, 2.24) is 0 Å². The van der Waals surface area contributed by atoms with Crippen LogP contribution in [0.4, 0.5) is 4.39 Å². The second-order valence-electron chi connectivity index (χ2n) is 5.13. The van der Waals surface area contributed by atoms with Gasteiger partial charge in [-0.05, 0) is 37.3 Å². The first-order chi connectivity index (χ1) is 8.77. The fourth-order valence-corrected chi connectivity index (χ4v) is 2.66. The quantitative estimate of drug-likeness (QED) is 0.869. The van der Waals surface area contributed by atoms with Gasteiger partial charge in [-0.1, -0.05) is 31.4 Å². The molecule has 0 saturated heterocycles. The standard InChI is InChI=1S/C15H22FNO/c16-13-8-4-5-9-15(13)18-11-10-14(17)12-6-2-1-3-7-12/h4-5,8-9,12,14H,1-3,6-7,10-11,17H2. The predicted octanol–water partition coefficient (Wildman–Crippen LogP) is 3.50. The fourth-order valence-electron chi connectivity index (χ4n) is 2.66. The maximum Gasteiger partial charge on any atom is 0.165 e. The number of benzene rings is 1. The Kier molecular flexibility index (Phi) is 5.00. The van der Waals surface area contributed by atoms with E-state index >= 15 is 0 Å². The zero-order valence-corrected chi connectivity index (χ0v) is 10.8. The molecule has 1 atom stereocenters. The lowest BCUT2D eigenvalue weighted by atomic mass is 9.83. The van der Waals surface area contributed by atoms with Gasteiger partial charge in [0.1, 0.15) is 0 Å². The Morgan fingerprint density at radius 1 is 1.22 bits per heavy atom. The number of para-hydroxylation sites is 1. The lowest BCUT2D eigenvalue weighted by Crippen LogP contribution is -2.33. The molecular formula is C15H22FNO. The Hall–Kier alpha value is -1.09. The highest BCUT2D eigenvalue weighted by atomic mass is 19.1. The number of halogens is 1. The van der Waals surface area contributed by atoms with Crippen molar-refractivity contribution in [3.8, 4) is 5.75 Å². The minimum absolute atomic E-state index is 0.192. The molecule has 1 aromatic carbocycles. The van der Waals surface area contributed by atoms with E-state index in [-0.39, 0.29) is 11.9 Å². The molecule has 1 fully saturated rings. The monoisotopic (exact) mass is 251 g/mol. The summed E-state index contributed by atoms with van der Waals surface area (Å²) in [4.78, 5) is 0. The van der Waals surface area contributed by atoms with E-state index in [9.17, 15) is 4.39 Å². The van der Waals surface area contributed by atoms with E-state index in [1.165, 1.54) is 38.2 Å². The van der Waals surface area contributed by atoms with Gasteiger partial charge in [-0.15, -0.1) is 0 Å². The molecule has 0 bridgehead atoms. The second-order valence-corrected chi connectivity index (χ2v) is 5.13. The molecule has 0 aliphatic heterocycles. The van der Waals surface area contributed by atoms with Gasteiger partial charge in [-0.25, -0.2) is 4.39 Å². The van der Waals surface area contributed by atoms with Crippen LogP contribution in [-0.2, 0) is 0 Å². The first-order valence-corrected chi connectivity index (χ1v) is 6.90. The molecule has 2 N–H and O–H groups in total.